The van der Waals surface area contributed by atoms with E-state index in [2.05, 4.69) is 9.72 Å². The first-order valence-electron chi connectivity index (χ1n) is 4.56. The maximum Gasteiger partial charge on any atom is 0.358 e. The van der Waals surface area contributed by atoms with E-state index in [4.69, 9.17) is 5.73 Å². The van der Waals surface area contributed by atoms with Crippen LogP contribution in [-0.4, -0.2) is 23.8 Å². The number of nitrogen functional groups attached to an aromatic ring is 1. The molecular formula is C10H8N2O3S2. The van der Waals surface area contributed by atoms with Crippen molar-refractivity contribution in [2.24, 2.45) is 0 Å². The summed E-state index contributed by atoms with van der Waals surface area (Å²) < 4.78 is 4.56. The molecule has 0 fully saturated rings. The zero-order valence-electron chi connectivity index (χ0n) is 8.80. The highest BCUT2D eigenvalue weighted by atomic mass is 32.1. The zero-order valence-corrected chi connectivity index (χ0v) is 10.4. The summed E-state index contributed by atoms with van der Waals surface area (Å²) in [6.45, 7) is 0. The number of ether oxygens (including phenoxy) is 1. The average Bonchev–Trinajstić information content (AvgIpc) is 2.95. The summed E-state index contributed by atoms with van der Waals surface area (Å²) in [6.07, 6.45) is 0. The molecule has 2 heterocycles. The minimum absolute atomic E-state index is 0.0200. The maximum absolute atomic E-state index is 12.1. The largest absolute Gasteiger partial charge is 0.464 e. The molecule has 2 aromatic heterocycles. The Morgan fingerprint density at radius 2 is 2.24 bits per heavy atom. The lowest BCUT2D eigenvalue weighted by Gasteiger charge is -1.97. The van der Waals surface area contributed by atoms with E-state index in [0.29, 0.717) is 4.88 Å². The molecule has 2 N–H and O–H groups in total. The normalized spacial score (nSPS) is 10.2. The Morgan fingerprint density at radius 1 is 1.47 bits per heavy atom. The summed E-state index contributed by atoms with van der Waals surface area (Å²) in [4.78, 5) is 28.1. The van der Waals surface area contributed by atoms with Crippen molar-refractivity contribution < 1.29 is 14.3 Å². The quantitative estimate of drug-likeness (QED) is 0.678. The number of nitrogens with two attached hydrogens (primary N) is 1. The topological polar surface area (TPSA) is 82.3 Å². The summed E-state index contributed by atoms with van der Waals surface area (Å²) >= 11 is 2.29. The van der Waals surface area contributed by atoms with Gasteiger partial charge in [0, 0.05) is 0 Å². The van der Waals surface area contributed by atoms with Crippen molar-refractivity contribution in [3.05, 3.63) is 33.0 Å². The molecule has 0 spiro atoms. The van der Waals surface area contributed by atoms with E-state index in [9.17, 15) is 9.59 Å². The number of carbonyl (C=O) groups is 2. The van der Waals surface area contributed by atoms with Gasteiger partial charge in [0.2, 0.25) is 5.78 Å². The summed E-state index contributed by atoms with van der Waals surface area (Å²) in [5, 5.41) is 1.96. The van der Waals surface area contributed by atoms with Crippen LogP contribution in [0.4, 0.5) is 5.13 Å². The summed E-state index contributed by atoms with van der Waals surface area (Å²) in [5.74, 6) is -0.910. The lowest BCUT2D eigenvalue weighted by atomic mass is 10.2. The van der Waals surface area contributed by atoms with E-state index in [1.807, 2.05) is 0 Å². The van der Waals surface area contributed by atoms with Gasteiger partial charge in [0.15, 0.2) is 10.8 Å². The van der Waals surface area contributed by atoms with Gasteiger partial charge in [-0.25, -0.2) is 9.78 Å². The predicted octanol–water partition coefficient (Wildman–Crippen LogP) is 1.80. The molecule has 17 heavy (non-hydrogen) atoms. The second-order valence-electron chi connectivity index (χ2n) is 3.03. The molecule has 0 saturated heterocycles. The number of hydrogen-bond donors (Lipinski definition) is 1. The molecule has 0 saturated carbocycles. The van der Waals surface area contributed by atoms with Gasteiger partial charge in [-0.05, 0) is 11.4 Å². The Kier molecular flexibility index (Phi) is 3.21. The maximum atomic E-state index is 12.1. The van der Waals surface area contributed by atoms with Gasteiger partial charge in [0.25, 0.3) is 0 Å². The Bertz CT molecular complexity index is 560. The van der Waals surface area contributed by atoms with E-state index in [1.165, 1.54) is 18.4 Å². The van der Waals surface area contributed by atoms with Crippen molar-refractivity contribution in [2.45, 2.75) is 0 Å². The molecule has 7 heteroatoms. The van der Waals surface area contributed by atoms with Gasteiger partial charge in [-0.2, -0.15) is 0 Å². The SMILES string of the molecule is COC(=O)c1nc(N)sc1C(=O)c1cccs1. The molecular weight excluding hydrogens is 260 g/mol. The molecule has 0 aliphatic carbocycles. The Morgan fingerprint density at radius 3 is 2.82 bits per heavy atom. The molecule has 2 rings (SSSR count). The summed E-state index contributed by atoms with van der Waals surface area (Å²) in [7, 11) is 1.23. The van der Waals surface area contributed by atoms with E-state index in [1.54, 1.807) is 17.5 Å². The number of ketones is 1. The standard InChI is InChI=1S/C10H8N2O3S2/c1-15-9(14)6-8(17-10(11)12-6)7(13)5-3-2-4-16-5/h2-4H,1H3,(H2,11,12). The second kappa shape index (κ2) is 4.64. The monoisotopic (exact) mass is 268 g/mol. The number of carbonyl (C=O) groups excluding carboxylic acids is 2. The first-order chi connectivity index (χ1) is 8.13. The van der Waals surface area contributed by atoms with Crippen LogP contribution in [0.3, 0.4) is 0 Å². The smallest absolute Gasteiger partial charge is 0.358 e. The van der Waals surface area contributed by atoms with Gasteiger partial charge in [-0.15, -0.1) is 11.3 Å². The molecule has 2 aromatic rings. The zero-order chi connectivity index (χ0) is 12.4. The van der Waals surface area contributed by atoms with E-state index >= 15 is 0 Å². The van der Waals surface area contributed by atoms with E-state index in [0.717, 1.165) is 11.3 Å². The van der Waals surface area contributed by atoms with Crippen LogP contribution in [0, 0.1) is 0 Å². The Hall–Kier alpha value is -1.73. The van der Waals surface area contributed by atoms with Crippen LogP contribution in [0.15, 0.2) is 17.5 Å². The van der Waals surface area contributed by atoms with Crippen LogP contribution in [0.5, 0.6) is 0 Å². The van der Waals surface area contributed by atoms with Crippen LogP contribution in [0.1, 0.15) is 25.0 Å². The number of methoxy groups -OCH3 is 1. The lowest BCUT2D eigenvalue weighted by Crippen LogP contribution is -2.08. The van der Waals surface area contributed by atoms with Crippen molar-refractivity contribution >= 4 is 39.6 Å². The fourth-order valence-corrected chi connectivity index (χ4v) is 2.75. The number of aromatic nitrogens is 1. The van der Waals surface area contributed by atoms with Crippen molar-refractivity contribution in [1.82, 2.24) is 4.98 Å². The van der Waals surface area contributed by atoms with Crippen molar-refractivity contribution in [2.75, 3.05) is 12.8 Å². The first-order valence-corrected chi connectivity index (χ1v) is 6.26. The lowest BCUT2D eigenvalue weighted by molar-refractivity contribution is 0.0592. The van der Waals surface area contributed by atoms with Crippen molar-refractivity contribution in [3.63, 3.8) is 0 Å². The van der Waals surface area contributed by atoms with Gasteiger partial charge in [0.1, 0.15) is 4.88 Å². The van der Waals surface area contributed by atoms with Crippen LogP contribution >= 0.6 is 22.7 Å². The fraction of sp³-hybridized carbons (Fsp3) is 0.100. The van der Waals surface area contributed by atoms with Crippen molar-refractivity contribution in [3.8, 4) is 0 Å². The molecule has 0 bridgehead atoms. The number of rotatable bonds is 3. The highest BCUT2D eigenvalue weighted by molar-refractivity contribution is 7.19. The van der Waals surface area contributed by atoms with Crippen molar-refractivity contribution in [1.29, 1.82) is 0 Å². The number of thiazole rings is 1. The number of esters is 1. The summed E-state index contributed by atoms with van der Waals surface area (Å²) in [6, 6.07) is 3.45. The van der Waals surface area contributed by atoms with E-state index in [-0.39, 0.29) is 21.5 Å². The second-order valence-corrected chi connectivity index (χ2v) is 5.01. The molecule has 0 aliphatic rings. The van der Waals surface area contributed by atoms with Gasteiger partial charge in [0.05, 0.1) is 12.0 Å². The molecule has 0 amide bonds. The summed E-state index contributed by atoms with van der Waals surface area (Å²) in [5.41, 5.74) is 5.49. The average molecular weight is 268 g/mol. The number of hydrogen-bond acceptors (Lipinski definition) is 7. The van der Waals surface area contributed by atoms with Crippen LogP contribution in [0.25, 0.3) is 0 Å². The predicted molar refractivity (Wildman–Crippen MR) is 65.6 cm³/mol. The van der Waals surface area contributed by atoms with Gasteiger partial charge >= 0.3 is 5.97 Å². The molecule has 0 radical (unpaired) electrons. The fourth-order valence-electron chi connectivity index (χ4n) is 1.25. The van der Waals surface area contributed by atoms with Gasteiger partial charge < -0.3 is 10.5 Å². The van der Waals surface area contributed by atoms with Crippen LogP contribution in [-0.2, 0) is 4.74 Å². The highest BCUT2D eigenvalue weighted by Crippen LogP contribution is 2.25. The molecule has 0 unspecified atom stereocenters. The number of thiophene rings is 1. The van der Waals surface area contributed by atoms with Crippen LogP contribution in [0.2, 0.25) is 0 Å². The van der Waals surface area contributed by atoms with Gasteiger partial charge in [-0.1, -0.05) is 17.4 Å². The minimum atomic E-state index is -0.655. The number of anilines is 1. The number of nitrogens with zero attached hydrogens (tertiary/aromatic N) is 1. The first kappa shape index (κ1) is 11.7. The molecule has 5 nitrogen and oxygen atoms in total. The molecule has 88 valence electrons. The van der Waals surface area contributed by atoms with E-state index < -0.39 is 5.97 Å². The third-order valence-corrected chi connectivity index (χ3v) is 3.73. The third-order valence-electron chi connectivity index (χ3n) is 1.97. The third kappa shape index (κ3) is 2.20. The minimum Gasteiger partial charge on any atom is -0.464 e. The van der Waals surface area contributed by atoms with Gasteiger partial charge in [-0.3, -0.25) is 4.79 Å². The molecule has 0 atom stereocenters. The molecule has 0 aliphatic heterocycles. The highest BCUT2D eigenvalue weighted by Gasteiger charge is 2.24. The molecule has 0 aromatic carbocycles. The Labute approximate surface area is 105 Å². The van der Waals surface area contributed by atoms with Crippen LogP contribution < -0.4 is 5.73 Å². The Balaban J connectivity index is 2.45.